The molecule has 2 heterocycles. The van der Waals surface area contributed by atoms with Crippen LogP contribution in [0.2, 0.25) is 0 Å². The van der Waals surface area contributed by atoms with Gasteiger partial charge in [-0.25, -0.2) is 0 Å². The van der Waals surface area contributed by atoms with Gasteiger partial charge in [-0.15, -0.1) is 0 Å². The molecule has 2 saturated heterocycles. The highest BCUT2D eigenvalue weighted by Gasteiger charge is 2.56. The first kappa shape index (κ1) is 17.2. The lowest BCUT2D eigenvalue weighted by Crippen LogP contribution is -2.72. The molecule has 0 aromatic carbocycles. The molecule has 126 valence electrons. The Morgan fingerprint density at radius 2 is 2.23 bits per heavy atom. The summed E-state index contributed by atoms with van der Waals surface area (Å²) in [4.78, 5) is 25.7. The number of nitrogens with one attached hydrogen (secondary N) is 2. The number of nitrogens with two attached hydrogens (primary N) is 1. The summed E-state index contributed by atoms with van der Waals surface area (Å²) >= 11 is 0. The molecule has 2 rings (SSSR count). The predicted octanol–water partition coefficient (Wildman–Crippen LogP) is -1.20. The fraction of sp³-hybridized carbons (Fsp3) is 0.867. The summed E-state index contributed by atoms with van der Waals surface area (Å²) in [7, 11) is 0. The summed E-state index contributed by atoms with van der Waals surface area (Å²) in [6, 6.07) is -0.582. The van der Waals surface area contributed by atoms with Crippen LogP contribution in [0, 0.1) is 5.92 Å². The number of primary amides is 1. The maximum Gasteiger partial charge on any atom is 0.242 e. The van der Waals surface area contributed by atoms with Gasteiger partial charge in [-0.3, -0.25) is 14.5 Å². The van der Waals surface area contributed by atoms with Crippen molar-refractivity contribution < 1.29 is 14.7 Å². The summed E-state index contributed by atoms with van der Waals surface area (Å²) in [5.74, 6) is 0.00622. The molecule has 0 radical (unpaired) electrons. The second-order valence-electron chi connectivity index (χ2n) is 6.98. The molecule has 22 heavy (non-hydrogen) atoms. The Morgan fingerprint density at radius 3 is 2.64 bits per heavy atom. The number of β-lactam (4-membered cyclic amide) rings is 1. The van der Waals surface area contributed by atoms with E-state index in [0.717, 1.165) is 19.4 Å². The number of carbonyl (C=O) groups excluding carboxylic acids is 2. The van der Waals surface area contributed by atoms with Crippen LogP contribution in [-0.4, -0.2) is 65.2 Å². The van der Waals surface area contributed by atoms with Crippen LogP contribution in [0.25, 0.3) is 0 Å². The van der Waals surface area contributed by atoms with Gasteiger partial charge in [-0.05, 0) is 25.7 Å². The number of hydrogen-bond donors (Lipinski definition) is 4. The van der Waals surface area contributed by atoms with E-state index >= 15 is 0 Å². The lowest BCUT2D eigenvalue weighted by atomic mass is 9.88. The Kier molecular flexibility index (Phi) is 5.09. The summed E-state index contributed by atoms with van der Waals surface area (Å²) in [6.07, 6.45) is 0.908. The fourth-order valence-electron chi connectivity index (χ4n) is 3.55. The number of carbonyl (C=O) groups is 2. The van der Waals surface area contributed by atoms with Gasteiger partial charge >= 0.3 is 0 Å². The zero-order chi connectivity index (χ0) is 16.5. The molecule has 5 N–H and O–H groups in total. The van der Waals surface area contributed by atoms with Gasteiger partial charge in [-0.2, -0.15) is 0 Å². The van der Waals surface area contributed by atoms with Crippen molar-refractivity contribution in [2.45, 2.75) is 57.3 Å². The van der Waals surface area contributed by atoms with Gasteiger partial charge in [0, 0.05) is 25.7 Å². The minimum absolute atomic E-state index is 0.109. The standard InChI is InChI=1S/C15H28N4O3/c1-9(2)7-19-11(4-5-15(19)8-18-14(15)22)6-17-12(10(3)20)13(16)21/h9-12,17,20H,4-8H2,1-3H3,(H2,16,21)(H,18,22)/t10-,11?,12+,15?/m1/s1. The minimum atomic E-state index is -0.835. The Balaban J connectivity index is 2.03. The molecule has 0 saturated carbocycles. The van der Waals surface area contributed by atoms with Gasteiger partial charge in [0.1, 0.15) is 11.6 Å². The van der Waals surface area contributed by atoms with E-state index in [1.807, 2.05) is 0 Å². The third kappa shape index (κ3) is 3.11. The van der Waals surface area contributed by atoms with Crippen LogP contribution in [0.1, 0.15) is 33.6 Å². The summed E-state index contributed by atoms with van der Waals surface area (Å²) < 4.78 is 0. The van der Waals surface area contributed by atoms with Crippen LogP contribution >= 0.6 is 0 Å². The summed E-state index contributed by atoms with van der Waals surface area (Å²) in [6.45, 7) is 7.90. The van der Waals surface area contributed by atoms with Crippen LogP contribution < -0.4 is 16.4 Å². The third-order valence-electron chi connectivity index (χ3n) is 4.77. The van der Waals surface area contributed by atoms with Gasteiger partial charge in [0.15, 0.2) is 0 Å². The number of rotatable bonds is 7. The lowest BCUT2D eigenvalue weighted by molar-refractivity contribution is -0.142. The largest absolute Gasteiger partial charge is 0.391 e. The zero-order valence-corrected chi connectivity index (χ0v) is 13.6. The van der Waals surface area contributed by atoms with Crippen molar-refractivity contribution in [2.24, 2.45) is 11.7 Å². The Morgan fingerprint density at radius 1 is 1.55 bits per heavy atom. The van der Waals surface area contributed by atoms with E-state index in [4.69, 9.17) is 5.73 Å². The molecule has 7 nitrogen and oxygen atoms in total. The molecule has 0 aromatic heterocycles. The van der Waals surface area contributed by atoms with E-state index in [1.54, 1.807) is 6.92 Å². The first-order valence-electron chi connectivity index (χ1n) is 8.03. The van der Waals surface area contributed by atoms with E-state index < -0.39 is 18.1 Å². The topological polar surface area (TPSA) is 108 Å². The maximum absolute atomic E-state index is 12.1. The molecule has 2 fully saturated rings. The molecular weight excluding hydrogens is 284 g/mol. The van der Waals surface area contributed by atoms with E-state index in [-0.39, 0.29) is 17.5 Å². The second kappa shape index (κ2) is 6.52. The van der Waals surface area contributed by atoms with Crippen molar-refractivity contribution >= 4 is 11.8 Å². The molecule has 2 unspecified atom stereocenters. The summed E-state index contributed by atoms with van der Waals surface area (Å²) in [5, 5.41) is 15.5. The molecule has 2 aliphatic heterocycles. The van der Waals surface area contributed by atoms with Crippen molar-refractivity contribution in [2.75, 3.05) is 19.6 Å². The normalized spacial score (nSPS) is 31.1. The SMILES string of the molecule is CC(C)CN1C(CN[C@H](C(N)=O)[C@@H](C)O)CCC12CNC2=O. The average molecular weight is 312 g/mol. The highest BCUT2D eigenvalue weighted by Crippen LogP contribution is 2.38. The number of aliphatic hydroxyl groups excluding tert-OH is 1. The summed E-state index contributed by atoms with van der Waals surface area (Å²) in [5.41, 5.74) is 4.94. The Hall–Kier alpha value is -1.18. The quantitative estimate of drug-likeness (QED) is 0.442. The van der Waals surface area contributed by atoms with Crippen molar-refractivity contribution in [1.82, 2.24) is 15.5 Å². The predicted molar refractivity (Wildman–Crippen MR) is 83.0 cm³/mol. The van der Waals surface area contributed by atoms with E-state index in [9.17, 15) is 14.7 Å². The molecule has 1 spiro atoms. The van der Waals surface area contributed by atoms with Gasteiger partial charge in [-0.1, -0.05) is 13.8 Å². The molecule has 0 aromatic rings. The van der Waals surface area contributed by atoms with Crippen LogP contribution in [0.5, 0.6) is 0 Å². The highest BCUT2D eigenvalue weighted by atomic mass is 16.3. The molecule has 4 atom stereocenters. The average Bonchev–Trinajstić information content (AvgIpc) is 2.77. The van der Waals surface area contributed by atoms with Crippen molar-refractivity contribution in [3.63, 3.8) is 0 Å². The molecule has 7 heteroatoms. The van der Waals surface area contributed by atoms with Crippen molar-refractivity contribution in [1.29, 1.82) is 0 Å². The van der Waals surface area contributed by atoms with Crippen LogP contribution in [-0.2, 0) is 9.59 Å². The van der Waals surface area contributed by atoms with Crippen molar-refractivity contribution in [3.8, 4) is 0 Å². The van der Waals surface area contributed by atoms with Gasteiger partial charge in [0.05, 0.1) is 6.10 Å². The van der Waals surface area contributed by atoms with Crippen LogP contribution in [0.15, 0.2) is 0 Å². The van der Waals surface area contributed by atoms with Gasteiger partial charge < -0.3 is 21.5 Å². The van der Waals surface area contributed by atoms with Crippen LogP contribution in [0.4, 0.5) is 0 Å². The Bertz CT molecular complexity index is 441. The zero-order valence-electron chi connectivity index (χ0n) is 13.6. The van der Waals surface area contributed by atoms with Crippen molar-refractivity contribution in [3.05, 3.63) is 0 Å². The second-order valence-corrected chi connectivity index (χ2v) is 6.98. The number of hydrogen-bond acceptors (Lipinski definition) is 5. The maximum atomic E-state index is 12.1. The first-order chi connectivity index (χ1) is 10.3. The smallest absolute Gasteiger partial charge is 0.242 e. The number of nitrogens with zero attached hydrogens (tertiary/aromatic N) is 1. The molecule has 2 amide bonds. The number of amides is 2. The van der Waals surface area contributed by atoms with Gasteiger partial charge in [0.2, 0.25) is 11.8 Å². The number of likely N-dealkylation sites (tertiary alicyclic amines) is 1. The van der Waals surface area contributed by atoms with Gasteiger partial charge in [0.25, 0.3) is 0 Å². The monoisotopic (exact) mass is 312 g/mol. The number of aliphatic hydroxyl groups is 1. The minimum Gasteiger partial charge on any atom is -0.391 e. The fourth-order valence-corrected chi connectivity index (χ4v) is 3.55. The molecule has 0 bridgehead atoms. The molecule has 2 aliphatic rings. The van der Waals surface area contributed by atoms with Crippen LogP contribution in [0.3, 0.4) is 0 Å². The van der Waals surface area contributed by atoms with E-state index in [0.29, 0.717) is 19.0 Å². The van der Waals surface area contributed by atoms with E-state index in [1.165, 1.54) is 0 Å². The third-order valence-corrected chi connectivity index (χ3v) is 4.77. The lowest BCUT2D eigenvalue weighted by Gasteiger charge is -2.47. The molecular formula is C15H28N4O3. The van der Waals surface area contributed by atoms with E-state index in [2.05, 4.69) is 29.4 Å². The Labute approximate surface area is 131 Å². The highest BCUT2D eigenvalue weighted by molar-refractivity contribution is 5.93. The molecule has 0 aliphatic carbocycles. The first-order valence-corrected chi connectivity index (χ1v) is 8.03.